The zero-order valence-corrected chi connectivity index (χ0v) is 7.68. The summed E-state index contributed by atoms with van der Waals surface area (Å²) in [5.74, 6) is -2.99. The minimum atomic E-state index is -1.49. The van der Waals surface area contributed by atoms with E-state index in [2.05, 4.69) is 0 Å². The summed E-state index contributed by atoms with van der Waals surface area (Å²) in [5, 5.41) is 17.2. The zero-order valence-electron chi connectivity index (χ0n) is 7.68. The molecule has 0 heterocycles. The Morgan fingerprint density at radius 1 is 1.13 bits per heavy atom. The first-order valence-corrected chi connectivity index (χ1v) is 4.05. The average molecular weight is 207 g/mol. The quantitative estimate of drug-likeness (QED) is 0.295. The molecule has 0 saturated carbocycles. The third-order valence-electron chi connectivity index (χ3n) is 1.76. The number of carboxylic acids is 2. The third-order valence-corrected chi connectivity index (χ3v) is 1.76. The molecule has 0 amide bonds. The van der Waals surface area contributed by atoms with Crippen molar-refractivity contribution in [1.29, 1.82) is 0 Å². The van der Waals surface area contributed by atoms with Crippen molar-refractivity contribution in [1.82, 2.24) is 0 Å². The molecule has 0 aliphatic rings. The highest BCUT2D eigenvalue weighted by Gasteiger charge is 2.16. The van der Waals surface area contributed by atoms with Crippen molar-refractivity contribution in [3.05, 3.63) is 35.4 Å². The Morgan fingerprint density at radius 3 is 2.13 bits per heavy atom. The summed E-state index contributed by atoms with van der Waals surface area (Å²) in [6.07, 6.45) is 1.03. The van der Waals surface area contributed by atoms with Gasteiger partial charge in [-0.15, -0.1) is 0 Å². The lowest BCUT2D eigenvalue weighted by atomic mass is 10.1. The first kappa shape index (κ1) is 10.8. The van der Waals surface area contributed by atoms with Gasteiger partial charge in [0.25, 0.3) is 0 Å². The van der Waals surface area contributed by atoms with Gasteiger partial charge >= 0.3 is 11.9 Å². The highest BCUT2D eigenvalue weighted by Crippen LogP contribution is 2.14. The van der Waals surface area contributed by atoms with Crippen LogP contribution in [0.25, 0.3) is 6.08 Å². The molecular formula is C10H9NO4. The maximum atomic E-state index is 10.6. The Hall–Kier alpha value is -2.30. The molecule has 0 radical (unpaired) electrons. The molecule has 0 unspecified atom stereocenters. The van der Waals surface area contributed by atoms with Crippen molar-refractivity contribution in [2.24, 2.45) is 0 Å². The highest BCUT2D eigenvalue weighted by molar-refractivity contribution is 6.16. The van der Waals surface area contributed by atoms with Crippen LogP contribution in [-0.2, 0) is 9.59 Å². The van der Waals surface area contributed by atoms with Gasteiger partial charge in [0.15, 0.2) is 0 Å². The Labute approximate surface area is 85.5 Å². The highest BCUT2D eigenvalue weighted by atomic mass is 16.4. The van der Waals surface area contributed by atoms with Gasteiger partial charge in [0.1, 0.15) is 5.57 Å². The van der Waals surface area contributed by atoms with E-state index in [1.165, 1.54) is 0 Å². The van der Waals surface area contributed by atoms with Gasteiger partial charge in [-0.05, 0) is 17.7 Å². The molecule has 0 atom stereocenters. The van der Waals surface area contributed by atoms with Crippen molar-refractivity contribution >= 4 is 23.7 Å². The van der Waals surface area contributed by atoms with Gasteiger partial charge < -0.3 is 15.9 Å². The predicted octanol–water partition coefficient (Wildman–Crippen LogP) is 0.821. The molecule has 1 rings (SSSR count). The van der Waals surface area contributed by atoms with E-state index in [0.29, 0.717) is 11.3 Å². The lowest BCUT2D eigenvalue weighted by molar-refractivity contribution is -0.139. The molecule has 5 nitrogen and oxygen atoms in total. The number of hydrogen-bond acceptors (Lipinski definition) is 3. The molecule has 0 bridgehead atoms. The lowest BCUT2D eigenvalue weighted by Crippen LogP contribution is -2.11. The number of nitrogen functional groups attached to an aromatic ring is 1. The molecule has 1 aromatic rings. The van der Waals surface area contributed by atoms with Crippen LogP contribution in [0.2, 0.25) is 0 Å². The van der Waals surface area contributed by atoms with Gasteiger partial charge in [-0.3, -0.25) is 0 Å². The number of carbonyl (C=O) groups is 2. The van der Waals surface area contributed by atoms with Crippen LogP contribution < -0.4 is 5.73 Å². The Morgan fingerprint density at radius 2 is 1.67 bits per heavy atom. The summed E-state index contributed by atoms with van der Waals surface area (Å²) >= 11 is 0. The van der Waals surface area contributed by atoms with Crippen LogP contribution in [0.5, 0.6) is 0 Å². The smallest absolute Gasteiger partial charge is 0.343 e. The van der Waals surface area contributed by atoms with Crippen LogP contribution in [0.15, 0.2) is 29.8 Å². The number of anilines is 1. The number of para-hydroxylation sites is 1. The molecule has 0 aliphatic carbocycles. The number of hydrogen-bond donors (Lipinski definition) is 3. The van der Waals surface area contributed by atoms with Crippen LogP contribution in [0.4, 0.5) is 5.69 Å². The zero-order chi connectivity index (χ0) is 11.4. The molecule has 15 heavy (non-hydrogen) atoms. The van der Waals surface area contributed by atoms with Gasteiger partial charge in [0.2, 0.25) is 0 Å². The van der Waals surface area contributed by atoms with E-state index in [9.17, 15) is 9.59 Å². The van der Waals surface area contributed by atoms with E-state index >= 15 is 0 Å². The molecular weight excluding hydrogens is 198 g/mol. The summed E-state index contributed by atoms with van der Waals surface area (Å²) in [6.45, 7) is 0. The van der Waals surface area contributed by atoms with E-state index in [1.807, 2.05) is 0 Å². The number of carboxylic acid groups (broad SMARTS) is 2. The fraction of sp³-hybridized carbons (Fsp3) is 0. The molecule has 0 aliphatic heterocycles. The fourth-order valence-electron chi connectivity index (χ4n) is 1.01. The molecule has 78 valence electrons. The molecule has 0 spiro atoms. The fourth-order valence-corrected chi connectivity index (χ4v) is 1.01. The van der Waals surface area contributed by atoms with Gasteiger partial charge in [0.05, 0.1) is 0 Å². The topological polar surface area (TPSA) is 101 Å². The number of benzene rings is 1. The molecule has 5 heteroatoms. The maximum Gasteiger partial charge on any atom is 0.343 e. The first-order valence-electron chi connectivity index (χ1n) is 4.05. The van der Waals surface area contributed by atoms with Gasteiger partial charge in [-0.1, -0.05) is 18.2 Å². The largest absolute Gasteiger partial charge is 0.477 e. The molecule has 0 aromatic heterocycles. The summed E-state index contributed by atoms with van der Waals surface area (Å²) in [7, 11) is 0. The lowest BCUT2D eigenvalue weighted by Gasteiger charge is -2.00. The van der Waals surface area contributed by atoms with Gasteiger partial charge in [-0.2, -0.15) is 0 Å². The number of aliphatic carboxylic acids is 2. The normalized spacial score (nSPS) is 9.33. The summed E-state index contributed by atoms with van der Waals surface area (Å²) in [4.78, 5) is 21.1. The number of rotatable bonds is 3. The second-order valence-corrected chi connectivity index (χ2v) is 2.80. The standard InChI is InChI=1S/C10H9NO4/c11-8-4-2-1-3-6(8)5-7(9(12)13)10(14)15/h1-5H,11H2,(H,12,13)(H,14,15). The Kier molecular flexibility index (Phi) is 3.07. The predicted molar refractivity (Wildman–Crippen MR) is 54.1 cm³/mol. The van der Waals surface area contributed by atoms with Gasteiger partial charge in [0, 0.05) is 5.69 Å². The van der Waals surface area contributed by atoms with E-state index in [1.54, 1.807) is 24.3 Å². The van der Waals surface area contributed by atoms with Crippen molar-refractivity contribution in [3.63, 3.8) is 0 Å². The van der Waals surface area contributed by atoms with Crippen molar-refractivity contribution in [2.45, 2.75) is 0 Å². The van der Waals surface area contributed by atoms with Crippen molar-refractivity contribution in [3.8, 4) is 0 Å². The van der Waals surface area contributed by atoms with Crippen LogP contribution in [0, 0.1) is 0 Å². The minimum Gasteiger partial charge on any atom is -0.477 e. The Balaban J connectivity index is 3.19. The monoisotopic (exact) mass is 207 g/mol. The SMILES string of the molecule is Nc1ccccc1C=C(C(=O)O)C(=O)O. The van der Waals surface area contributed by atoms with Gasteiger partial charge in [-0.25, -0.2) is 9.59 Å². The first-order chi connectivity index (χ1) is 7.02. The summed E-state index contributed by atoms with van der Waals surface area (Å²) < 4.78 is 0. The van der Waals surface area contributed by atoms with Crippen LogP contribution >= 0.6 is 0 Å². The van der Waals surface area contributed by atoms with Crippen molar-refractivity contribution in [2.75, 3.05) is 5.73 Å². The molecule has 1 aromatic carbocycles. The third kappa shape index (κ3) is 2.57. The second-order valence-electron chi connectivity index (χ2n) is 2.80. The van der Waals surface area contributed by atoms with Crippen LogP contribution in [-0.4, -0.2) is 22.2 Å². The van der Waals surface area contributed by atoms with E-state index < -0.39 is 17.5 Å². The van der Waals surface area contributed by atoms with Crippen LogP contribution in [0.3, 0.4) is 0 Å². The second kappa shape index (κ2) is 4.28. The molecule has 4 N–H and O–H groups in total. The summed E-state index contributed by atoms with van der Waals surface area (Å²) in [5.41, 5.74) is 5.53. The minimum absolute atomic E-state index is 0.331. The van der Waals surface area contributed by atoms with Crippen molar-refractivity contribution < 1.29 is 19.8 Å². The van der Waals surface area contributed by atoms with Crippen LogP contribution in [0.1, 0.15) is 5.56 Å². The summed E-state index contributed by atoms with van der Waals surface area (Å²) in [6, 6.07) is 6.42. The van der Waals surface area contributed by atoms with E-state index in [4.69, 9.17) is 15.9 Å². The van der Waals surface area contributed by atoms with E-state index in [0.717, 1.165) is 6.08 Å². The number of nitrogens with two attached hydrogens (primary N) is 1. The maximum absolute atomic E-state index is 10.6. The average Bonchev–Trinajstić information content (AvgIpc) is 2.15. The Bertz CT molecular complexity index is 421. The molecule has 0 fully saturated rings. The van der Waals surface area contributed by atoms with E-state index in [-0.39, 0.29) is 0 Å². The molecule has 0 saturated heterocycles.